The average Bonchev–Trinajstić information content (AvgIpc) is 3.97. The molecule has 1 saturated heterocycles. The van der Waals surface area contributed by atoms with Gasteiger partial charge >= 0.3 is 6.09 Å². The fourth-order valence-electron chi connectivity index (χ4n) is 8.90. The molecule has 2 aliphatic heterocycles. The number of hydrogen-bond donors (Lipinski definition) is 3. The zero-order valence-electron chi connectivity index (χ0n) is 34.1. The van der Waals surface area contributed by atoms with Crippen molar-refractivity contribution in [1.29, 1.82) is 0 Å². The SMILES string of the molecule is COc1ccc2nc3c(nc2c1)OC1CN(C(=O)C(C(C)(C)C)NC(=O)OC2CC2CCCCC3)C(C(=O)NC2(C(=O)NS(=O)(=O)C3(C)CC3)CC2C(F)F)C1C1CC1. The molecule has 8 rings (SSSR count). The maximum absolute atomic E-state index is 15.0. The lowest BCUT2D eigenvalue weighted by Crippen LogP contribution is -2.61. The highest BCUT2D eigenvalue weighted by Crippen LogP contribution is 2.51. The zero-order chi connectivity index (χ0) is 42.2. The number of rotatable bonds is 8. The van der Waals surface area contributed by atoms with Gasteiger partial charge in [-0.25, -0.2) is 32.0 Å². The first kappa shape index (κ1) is 41.4. The summed E-state index contributed by atoms with van der Waals surface area (Å²) < 4.78 is 73.9. The van der Waals surface area contributed by atoms with Crippen molar-refractivity contribution in [3.05, 3.63) is 23.9 Å². The summed E-state index contributed by atoms with van der Waals surface area (Å²) >= 11 is 0. The van der Waals surface area contributed by atoms with E-state index in [1.54, 1.807) is 40.0 Å². The van der Waals surface area contributed by atoms with Gasteiger partial charge in [-0.3, -0.25) is 19.1 Å². The number of amides is 4. The molecule has 1 aromatic carbocycles. The van der Waals surface area contributed by atoms with Gasteiger partial charge in [-0.15, -0.1) is 0 Å². The number of methoxy groups -OCH3 is 1. The lowest BCUT2D eigenvalue weighted by molar-refractivity contribution is -0.144. The minimum absolute atomic E-state index is 0.137. The second-order valence-electron chi connectivity index (χ2n) is 18.8. The van der Waals surface area contributed by atoms with E-state index in [-0.39, 0.29) is 30.4 Å². The smallest absolute Gasteiger partial charge is 0.408 e. The molecule has 15 nitrogen and oxygen atoms in total. The topological polar surface area (TPSA) is 195 Å². The number of halogens is 2. The predicted octanol–water partition coefficient (Wildman–Crippen LogP) is 4.41. The molecule has 3 N–H and O–H groups in total. The number of fused-ring (bicyclic) bond motifs is 5. The van der Waals surface area contributed by atoms with E-state index < -0.39 is 92.4 Å². The van der Waals surface area contributed by atoms with Crippen LogP contribution < -0.4 is 24.8 Å². The Morgan fingerprint density at radius 2 is 1.76 bits per heavy atom. The third-order valence-corrected chi connectivity index (χ3v) is 15.4. The fraction of sp³-hybridized carbons (Fsp3) is 0.707. The molecular weight excluding hydrogens is 791 g/mol. The maximum Gasteiger partial charge on any atom is 0.408 e. The zero-order valence-corrected chi connectivity index (χ0v) is 34.9. The molecule has 4 saturated carbocycles. The largest absolute Gasteiger partial charge is 0.497 e. The van der Waals surface area contributed by atoms with Crippen molar-refractivity contribution in [2.75, 3.05) is 13.7 Å². The molecule has 4 aliphatic carbocycles. The van der Waals surface area contributed by atoms with E-state index >= 15 is 0 Å². The number of nitrogens with one attached hydrogen (secondary N) is 3. The Hall–Kier alpha value is -4.35. The van der Waals surface area contributed by atoms with Crippen LogP contribution in [0.1, 0.15) is 97.6 Å². The number of carbonyl (C=O) groups is 4. The monoisotopic (exact) mass is 844 g/mol. The highest BCUT2D eigenvalue weighted by molar-refractivity contribution is 7.91. The number of ether oxygens (including phenoxy) is 3. The molecule has 322 valence electrons. The number of nitrogens with zero attached hydrogens (tertiary/aromatic N) is 3. The highest BCUT2D eigenvalue weighted by Gasteiger charge is 2.68. The van der Waals surface area contributed by atoms with Gasteiger partial charge in [0.15, 0.2) is 0 Å². The Bertz CT molecular complexity index is 2140. The van der Waals surface area contributed by atoms with Crippen molar-refractivity contribution < 1.29 is 50.6 Å². The van der Waals surface area contributed by atoms with E-state index in [4.69, 9.17) is 24.2 Å². The van der Waals surface area contributed by atoms with Crippen LogP contribution in [0.3, 0.4) is 0 Å². The summed E-state index contributed by atoms with van der Waals surface area (Å²) in [6.07, 6.45) is 1.22. The highest BCUT2D eigenvalue weighted by atomic mass is 32.2. The minimum Gasteiger partial charge on any atom is -0.497 e. The van der Waals surface area contributed by atoms with Crippen LogP contribution in [0.2, 0.25) is 0 Å². The summed E-state index contributed by atoms with van der Waals surface area (Å²) in [4.78, 5) is 68.1. The lowest BCUT2D eigenvalue weighted by atomic mass is 9.85. The van der Waals surface area contributed by atoms with Gasteiger partial charge < -0.3 is 29.7 Å². The molecule has 8 atom stereocenters. The van der Waals surface area contributed by atoms with Gasteiger partial charge in [0.05, 0.1) is 35.4 Å². The van der Waals surface area contributed by atoms with Crippen molar-refractivity contribution in [3.63, 3.8) is 0 Å². The fourth-order valence-corrected chi connectivity index (χ4v) is 10.2. The van der Waals surface area contributed by atoms with E-state index in [0.29, 0.717) is 61.0 Å². The van der Waals surface area contributed by atoms with Crippen LogP contribution in [-0.4, -0.2) is 102 Å². The second kappa shape index (κ2) is 15.0. The van der Waals surface area contributed by atoms with Crippen LogP contribution in [0.5, 0.6) is 11.6 Å². The van der Waals surface area contributed by atoms with Gasteiger partial charge in [0, 0.05) is 12.0 Å². The summed E-state index contributed by atoms with van der Waals surface area (Å²) in [5.41, 5.74) is -1.37. The third kappa shape index (κ3) is 8.13. The number of aryl methyl sites for hydroxylation is 1. The quantitative estimate of drug-likeness (QED) is 0.341. The third-order valence-electron chi connectivity index (χ3n) is 13.3. The van der Waals surface area contributed by atoms with Gasteiger partial charge in [-0.1, -0.05) is 33.6 Å². The van der Waals surface area contributed by atoms with E-state index in [1.165, 1.54) is 11.8 Å². The molecule has 59 heavy (non-hydrogen) atoms. The summed E-state index contributed by atoms with van der Waals surface area (Å²) in [6.45, 7) is 6.61. The molecule has 4 amide bonds. The van der Waals surface area contributed by atoms with Crippen LogP contribution >= 0.6 is 0 Å². The van der Waals surface area contributed by atoms with Crippen molar-refractivity contribution >= 4 is 44.9 Å². The summed E-state index contributed by atoms with van der Waals surface area (Å²) in [5, 5.41) is 5.33. The number of hydrogen-bond acceptors (Lipinski definition) is 11. The number of sulfonamides is 1. The molecular formula is C41H54F2N6O9S. The summed E-state index contributed by atoms with van der Waals surface area (Å²) in [5.74, 6) is -4.26. The minimum atomic E-state index is -4.24. The Morgan fingerprint density at radius 1 is 1.02 bits per heavy atom. The molecule has 0 radical (unpaired) electrons. The summed E-state index contributed by atoms with van der Waals surface area (Å²) in [7, 11) is -2.70. The van der Waals surface area contributed by atoms with E-state index in [1.807, 2.05) is 10.8 Å². The van der Waals surface area contributed by atoms with Crippen LogP contribution in [0.25, 0.3) is 11.0 Å². The first-order valence-corrected chi connectivity index (χ1v) is 22.3. The molecule has 18 heteroatoms. The summed E-state index contributed by atoms with van der Waals surface area (Å²) in [6, 6.07) is 2.81. The van der Waals surface area contributed by atoms with Crippen molar-refractivity contribution in [3.8, 4) is 11.6 Å². The molecule has 2 bridgehead atoms. The van der Waals surface area contributed by atoms with Gasteiger partial charge in [0.1, 0.15) is 41.3 Å². The lowest BCUT2D eigenvalue weighted by Gasteiger charge is -2.36. The standard InChI is InChI=1S/C41H54F2N6O9S/c1-39(2,3)32-36(51)49-20-29(30(21-11-12-21)31(49)34(50)47-41(19-24(41)33(42)43)37(52)48-59(54,55)40(4)15-16-40)57-35-26(44-25-14-13-23(56-5)18-27(25)45-35)10-8-6-7-9-22-17-28(22)58-38(53)46-32/h13-14,18,21-22,24,28-33H,6-12,15-17,19-20H2,1-5H3,(H,46,53)(H,47,50)(H,48,52). The van der Waals surface area contributed by atoms with E-state index in [9.17, 15) is 36.4 Å². The number of aromatic nitrogens is 2. The number of alkyl halides is 2. The Balaban J connectivity index is 1.18. The van der Waals surface area contributed by atoms with Crippen molar-refractivity contribution in [1.82, 2.24) is 30.2 Å². The molecule has 0 spiro atoms. The number of carbonyl (C=O) groups excluding carboxylic acids is 4. The van der Waals surface area contributed by atoms with Crippen molar-refractivity contribution in [2.24, 2.45) is 29.1 Å². The van der Waals surface area contributed by atoms with Crippen LogP contribution in [0, 0.1) is 29.1 Å². The maximum atomic E-state index is 15.0. The normalized spacial score (nSPS) is 32.0. The number of alkyl carbamates (subject to hydrolysis) is 1. The van der Waals surface area contributed by atoms with Gasteiger partial charge in [0.2, 0.25) is 34.1 Å². The Labute approximate surface area is 342 Å². The van der Waals surface area contributed by atoms with Gasteiger partial charge in [0.25, 0.3) is 5.91 Å². The van der Waals surface area contributed by atoms with Gasteiger partial charge in [-0.2, -0.15) is 0 Å². The van der Waals surface area contributed by atoms with Crippen LogP contribution in [0.15, 0.2) is 18.2 Å². The molecule has 2 aromatic rings. The molecule has 6 aliphatic rings. The number of benzene rings is 1. The van der Waals surface area contributed by atoms with Crippen LogP contribution in [-0.2, 0) is 35.6 Å². The van der Waals surface area contributed by atoms with E-state index in [0.717, 1.165) is 25.7 Å². The first-order chi connectivity index (χ1) is 27.8. The van der Waals surface area contributed by atoms with E-state index in [2.05, 4.69) is 10.6 Å². The van der Waals surface area contributed by atoms with Crippen LogP contribution in [0.4, 0.5) is 13.6 Å². The Morgan fingerprint density at radius 3 is 2.41 bits per heavy atom. The molecule has 8 unspecified atom stereocenters. The average molecular weight is 845 g/mol. The molecule has 1 aromatic heterocycles. The Kier molecular flexibility index (Phi) is 10.5. The second-order valence-corrected chi connectivity index (χ2v) is 21.0. The first-order valence-electron chi connectivity index (χ1n) is 20.8. The predicted molar refractivity (Wildman–Crippen MR) is 209 cm³/mol. The van der Waals surface area contributed by atoms with Gasteiger partial charge in [-0.05, 0) is 94.1 Å². The molecule has 3 heterocycles. The molecule has 5 fully saturated rings. The van der Waals surface area contributed by atoms with Crippen molar-refractivity contribution in [2.45, 2.75) is 139 Å².